The van der Waals surface area contributed by atoms with Crippen LogP contribution in [-0.4, -0.2) is 23.4 Å². The van der Waals surface area contributed by atoms with Gasteiger partial charge in [0.15, 0.2) is 0 Å². The van der Waals surface area contributed by atoms with Crippen LogP contribution in [0.4, 0.5) is 0 Å². The van der Waals surface area contributed by atoms with E-state index in [0.717, 1.165) is 11.5 Å². The van der Waals surface area contributed by atoms with Crippen LogP contribution in [0.5, 0.6) is 11.5 Å². The highest BCUT2D eigenvalue weighted by Crippen LogP contribution is 2.58. The van der Waals surface area contributed by atoms with Gasteiger partial charge in [-0.25, -0.2) is 0 Å². The number of hydrogen-bond acceptors (Lipinski definition) is 2. The van der Waals surface area contributed by atoms with Gasteiger partial charge in [0.05, 0.1) is 19.6 Å². The Hall–Kier alpha value is -7.04. The molecule has 2 heterocycles. The first kappa shape index (κ1) is 33.3. The molecule has 0 saturated carbocycles. The molecule has 11 rings (SSSR count). The Bertz CT molecular complexity index is 3000. The van der Waals surface area contributed by atoms with Crippen molar-refractivity contribution in [3.05, 3.63) is 192 Å². The first-order valence-electron chi connectivity index (χ1n) is 19.5. The van der Waals surface area contributed by atoms with Gasteiger partial charge in [0.2, 0.25) is 0 Å². The van der Waals surface area contributed by atoms with E-state index >= 15 is 0 Å². The van der Waals surface area contributed by atoms with Gasteiger partial charge in [-0.15, -0.1) is 0 Å². The first-order valence-corrected chi connectivity index (χ1v) is 19.5. The van der Waals surface area contributed by atoms with E-state index in [1.807, 2.05) is 0 Å². The third-order valence-electron chi connectivity index (χ3n) is 12.7. The fourth-order valence-electron chi connectivity index (χ4n) is 9.86. The largest absolute Gasteiger partial charge is 0.497 e. The van der Waals surface area contributed by atoms with Crippen molar-refractivity contribution in [2.24, 2.45) is 14.1 Å². The molecule has 8 aromatic carbocycles. The Morgan fingerprint density at radius 1 is 0.368 bits per heavy atom. The van der Waals surface area contributed by atoms with Crippen molar-refractivity contribution < 1.29 is 9.47 Å². The standard InChI is InChI=1S/C53H40N2O2/c1-54-49-11-7-5-9-41(49)45-31-35(15-27-51(45)54)33-13-25-47-43(29-33)44-30-34(36-16-28-52-46(32-36)42-10-6-8-12-50(42)55(52)2)14-26-48(44)53(47,37-17-21-39(56-3)22-18-37)38-19-23-40(57-4)24-20-38/h5-32H,1-4H3. The molecule has 0 atom stereocenters. The first-order chi connectivity index (χ1) is 28.0. The number of aromatic nitrogens is 2. The average molecular weight is 737 g/mol. The molecule has 2 aromatic heterocycles. The quantitative estimate of drug-likeness (QED) is 0.170. The molecule has 10 aromatic rings. The number of fused-ring (bicyclic) bond motifs is 9. The maximum Gasteiger partial charge on any atom is 0.118 e. The van der Waals surface area contributed by atoms with E-state index in [4.69, 9.17) is 9.47 Å². The molecule has 0 fully saturated rings. The van der Waals surface area contributed by atoms with E-state index in [9.17, 15) is 0 Å². The summed E-state index contributed by atoms with van der Waals surface area (Å²) in [5, 5.41) is 5.08. The Kier molecular flexibility index (Phi) is 7.30. The molecule has 1 aliphatic carbocycles. The van der Waals surface area contributed by atoms with Gasteiger partial charge < -0.3 is 18.6 Å². The van der Waals surface area contributed by atoms with Crippen LogP contribution in [0.1, 0.15) is 22.3 Å². The molecule has 4 nitrogen and oxygen atoms in total. The Morgan fingerprint density at radius 3 is 1.16 bits per heavy atom. The van der Waals surface area contributed by atoms with Gasteiger partial charge in [0, 0.05) is 57.7 Å². The molecular formula is C53H40N2O2. The van der Waals surface area contributed by atoms with Gasteiger partial charge in [0.1, 0.15) is 11.5 Å². The van der Waals surface area contributed by atoms with Gasteiger partial charge in [-0.2, -0.15) is 0 Å². The molecule has 1 aliphatic rings. The minimum absolute atomic E-state index is 0.584. The summed E-state index contributed by atoms with van der Waals surface area (Å²) in [5.74, 6) is 1.67. The van der Waals surface area contributed by atoms with Gasteiger partial charge in [-0.05, 0) is 128 Å². The fraction of sp³-hybridized carbons (Fsp3) is 0.0943. The minimum Gasteiger partial charge on any atom is -0.497 e. The molecule has 0 aliphatic heterocycles. The average Bonchev–Trinajstić information content (AvgIpc) is 3.85. The molecular weight excluding hydrogens is 697 g/mol. The summed E-state index contributed by atoms with van der Waals surface area (Å²) in [7, 11) is 7.76. The fourth-order valence-corrected chi connectivity index (χ4v) is 9.86. The smallest absolute Gasteiger partial charge is 0.118 e. The lowest BCUT2D eigenvalue weighted by Gasteiger charge is -2.34. The van der Waals surface area contributed by atoms with Crippen LogP contribution in [-0.2, 0) is 19.5 Å². The predicted octanol–water partition coefficient (Wildman–Crippen LogP) is 12.7. The predicted molar refractivity (Wildman–Crippen MR) is 236 cm³/mol. The summed E-state index contributed by atoms with van der Waals surface area (Å²) in [6.07, 6.45) is 0. The topological polar surface area (TPSA) is 28.3 Å². The molecule has 0 unspecified atom stereocenters. The van der Waals surface area contributed by atoms with Crippen LogP contribution in [0, 0.1) is 0 Å². The summed E-state index contributed by atoms with van der Waals surface area (Å²) in [6, 6.07) is 62.7. The molecule has 0 N–H and O–H groups in total. The third-order valence-corrected chi connectivity index (χ3v) is 12.7. The van der Waals surface area contributed by atoms with E-state index in [1.165, 1.54) is 99.2 Å². The van der Waals surface area contributed by atoms with Crippen molar-refractivity contribution in [3.63, 3.8) is 0 Å². The van der Waals surface area contributed by atoms with Gasteiger partial charge >= 0.3 is 0 Å². The second-order valence-corrected chi connectivity index (χ2v) is 15.3. The van der Waals surface area contributed by atoms with Crippen molar-refractivity contribution in [2.75, 3.05) is 14.2 Å². The maximum absolute atomic E-state index is 5.67. The zero-order valence-electron chi connectivity index (χ0n) is 32.4. The number of aryl methyl sites for hydroxylation is 2. The second-order valence-electron chi connectivity index (χ2n) is 15.3. The molecule has 0 radical (unpaired) electrons. The van der Waals surface area contributed by atoms with Crippen LogP contribution < -0.4 is 9.47 Å². The molecule has 0 saturated heterocycles. The highest BCUT2D eigenvalue weighted by molar-refractivity contribution is 6.10. The maximum atomic E-state index is 5.67. The zero-order valence-corrected chi connectivity index (χ0v) is 32.4. The number of nitrogens with zero attached hydrogens (tertiary/aromatic N) is 2. The van der Waals surface area contributed by atoms with Crippen molar-refractivity contribution in [1.29, 1.82) is 0 Å². The van der Waals surface area contributed by atoms with Crippen molar-refractivity contribution in [2.45, 2.75) is 5.41 Å². The normalized spacial score (nSPS) is 13.1. The Balaban J connectivity index is 1.17. The summed E-state index contributed by atoms with van der Waals surface area (Å²) in [6.45, 7) is 0. The lowest BCUT2D eigenvalue weighted by Crippen LogP contribution is -2.28. The number of rotatable bonds is 6. The number of hydrogen-bond donors (Lipinski definition) is 0. The van der Waals surface area contributed by atoms with E-state index < -0.39 is 5.41 Å². The van der Waals surface area contributed by atoms with Crippen LogP contribution in [0.2, 0.25) is 0 Å². The minimum atomic E-state index is -0.584. The molecule has 274 valence electrons. The highest BCUT2D eigenvalue weighted by atomic mass is 16.5. The monoisotopic (exact) mass is 736 g/mol. The number of ether oxygens (including phenoxy) is 2. The van der Waals surface area contributed by atoms with Gasteiger partial charge in [-0.3, -0.25) is 0 Å². The van der Waals surface area contributed by atoms with Crippen LogP contribution in [0.25, 0.3) is 77.0 Å². The van der Waals surface area contributed by atoms with Crippen molar-refractivity contribution in [3.8, 4) is 44.9 Å². The summed E-state index contributed by atoms with van der Waals surface area (Å²) < 4.78 is 15.9. The highest BCUT2D eigenvalue weighted by Gasteiger charge is 2.46. The third kappa shape index (κ3) is 4.74. The summed E-state index contributed by atoms with van der Waals surface area (Å²) in [4.78, 5) is 0. The van der Waals surface area contributed by atoms with E-state index in [2.05, 4.69) is 193 Å². The van der Waals surface area contributed by atoms with Crippen molar-refractivity contribution >= 4 is 43.6 Å². The van der Waals surface area contributed by atoms with E-state index in [-0.39, 0.29) is 0 Å². The van der Waals surface area contributed by atoms with Crippen LogP contribution in [0.3, 0.4) is 0 Å². The lowest BCUT2D eigenvalue weighted by molar-refractivity contribution is 0.414. The summed E-state index contributed by atoms with van der Waals surface area (Å²) in [5.41, 5.74) is 16.5. The number of methoxy groups -OCH3 is 2. The van der Waals surface area contributed by atoms with Gasteiger partial charge in [0.25, 0.3) is 0 Å². The molecule has 0 spiro atoms. The second kappa shape index (κ2) is 12.5. The van der Waals surface area contributed by atoms with Crippen LogP contribution in [0.15, 0.2) is 170 Å². The Morgan fingerprint density at radius 2 is 0.737 bits per heavy atom. The number of para-hydroxylation sites is 2. The lowest BCUT2D eigenvalue weighted by atomic mass is 9.67. The van der Waals surface area contributed by atoms with Crippen molar-refractivity contribution in [1.82, 2.24) is 9.13 Å². The van der Waals surface area contributed by atoms with Gasteiger partial charge in [-0.1, -0.05) is 97.1 Å². The number of benzene rings is 8. The molecule has 0 bridgehead atoms. The summed E-state index contributed by atoms with van der Waals surface area (Å²) >= 11 is 0. The van der Waals surface area contributed by atoms with E-state index in [0.29, 0.717) is 0 Å². The molecule has 0 amide bonds. The Labute approximate surface area is 331 Å². The molecule has 4 heteroatoms. The molecule has 57 heavy (non-hydrogen) atoms. The SMILES string of the molecule is COc1ccc(C2(c3ccc(OC)cc3)c3ccc(-c4ccc5c(c4)c4ccccc4n5C)cc3-c3cc(-c4ccc5c(c4)c4ccccc4n5C)ccc32)cc1. The van der Waals surface area contributed by atoms with Crippen LogP contribution >= 0.6 is 0 Å². The zero-order chi connectivity index (χ0) is 38.4. The van der Waals surface area contributed by atoms with E-state index in [1.54, 1.807) is 14.2 Å².